The Labute approximate surface area is 109 Å². The first-order valence-corrected chi connectivity index (χ1v) is 6.55. The van der Waals surface area contributed by atoms with Crippen LogP contribution in [0, 0.1) is 11.3 Å². The van der Waals surface area contributed by atoms with E-state index in [-0.39, 0.29) is 0 Å². The molecule has 0 fully saturated rings. The van der Waals surface area contributed by atoms with Crippen LogP contribution < -0.4 is 5.32 Å². The summed E-state index contributed by atoms with van der Waals surface area (Å²) in [6.45, 7) is 4.38. The fraction of sp³-hybridized carbons (Fsp3) is 0.500. The molecule has 1 N–H and O–H groups in total. The van der Waals surface area contributed by atoms with Crippen molar-refractivity contribution in [3.63, 3.8) is 0 Å². The highest BCUT2D eigenvalue weighted by Crippen LogP contribution is 2.22. The minimum absolute atomic E-state index is 0.494. The summed E-state index contributed by atoms with van der Waals surface area (Å²) in [5, 5.41) is 12.8. The van der Waals surface area contributed by atoms with Gasteiger partial charge in [0.25, 0.3) is 0 Å². The van der Waals surface area contributed by atoms with Crippen molar-refractivity contribution in [3.8, 4) is 6.07 Å². The van der Waals surface area contributed by atoms with E-state index in [9.17, 15) is 0 Å². The topological polar surface area (TPSA) is 35.8 Å². The lowest BCUT2D eigenvalue weighted by Crippen LogP contribution is -2.18. The molecule has 0 radical (unpaired) electrons. The van der Waals surface area contributed by atoms with Gasteiger partial charge in [-0.05, 0) is 31.0 Å². The Hall–Kier alpha value is -1.20. The van der Waals surface area contributed by atoms with E-state index < -0.39 is 0 Å². The number of nitrogens with zero attached hydrogens (tertiary/aromatic N) is 1. The van der Waals surface area contributed by atoms with Crippen molar-refractivity contribution in [1.29, 1.82) is 5.26 Å². The van der Waals surface area contributed by atoms with E-state index in [0.29, 0.717) is 16.6 Å². The summed E-state index contributed by atoms with van der Waals surface area (Å²) in [6.07, 6.45) is 4.65. The molecule has 0 bridgehead atoms. The van der Waals surface area contributed by atoms with Gasteiger partial charge in [0.05, 0.1) is 10.6 Å². The van der Waals surface area contributed by atoms with Crippen LogP contribution in [0.25, 0.3) is 0 Å². The minimum Gasteiger partial charge on any atom is -0.382 e. The van der Waals surface area contributed by atoms with Crippen LogP contribution in [0.3, 0.4) is 0 Å². The van der Waals surface area contributed by atoms with Gasteiger partial charge in [-0.15, -0.1) is 0 Å². The van der Waals surface area contributed by atoms with Gasteiger partial charge < -0.3 is 5.32 Å². The monoisotopic (exact) mass is 250 g/mol. The molecule has 0 aliphatic carbocycles. The lowest BCUT2D eigenvalue weighted by atomic mass is 10.1. The number of rotatable bonds is 6. The molecule has 2 nitrogen and oxygen atoms in total. The Balaban J connectivity index is 2.72. The highest BCUT2D eigenvalue weighted by molar-refractivity contribution is 6.32. The van der Waals surface area contributed by atoms with E-state index >= 15 is 0 Å². The molecule has 0 aliphatic heterocycles. The zero-order valence-electron chi connectivity index (χ0n) is 10.5. The highest BCUT2D eigenvalue weighted by atomic mass is 35.5. The number of benzene rings is 1. The Morgan fingerprint density at radius 3 is 2.41 bits per heavy atom. The maximum atomic E-state index is 8.80. The molecule has 0 amide bonds. The van der Waals surface area contributed by atoms with E-state index in [1.165, 1.54) is 12.8 Å². The van der Waals surface area contributed by atoms with Crippen LogP contribution in [-0.2, 0) is 0 Å². The van der Waals surface area contributed by atoms with Crippen LogP contribution in [-0.4, -0.2) is 6.04 Å². The second-order valence-electron chi connectivity index (χ2n) is 4.23. The lowest BCUT2D eigenvalue weighted by molar-refractivity contribution is 0.586. The second-order valence-corrected chi connectivity index (χ2v) is 4.63. The van der Waals surface area contributed by atoms with Crippen molar-refractivity contribution < 1.29 is 0 Å². The lowest BCUT2D eigenvalue weighted by Gasteiger charge is -2.19. The fourth-order valence-electron chi connectivity index (χ4n) is 1.92. The normalized spacial score (nSPS) is 10.3. The summed E-state index contributed by atoms with van der Waals surface area (Å²) in [5.41, 5.74) is 1.53. The van der Waals surface area contributed by atoms with E-state index in [4.69, 9.17) is 16.9 Å². The van der Waals surface area contributed by atoms with Gasteiger partial charge in [0.2, 0.25) is 0 Å². The van der Waals surface area contributed by atoms with Gasteiger partial charge in [-0.3, -0.25) is 0 Å². The van der Waals surface area contributed by atoms with Crippen LogP contribution in [0.1, 0.15) is 45.1 Å². The van der Waals surface area contributed by atoms with Gasteiger partial charge in [-0.1, -0.05) is 38.3 Å². The summed E-state index contributed by atoms with van der Waals surface area (Å²) in [7, 11) is 0. The highest BCUT2D eigenvalue weighted by Gasteiger charge is 2.07. The summed E-state index contributed by atoms with van der Waals surface area (Å²) in [4.78, 5) is 0. The first-order chi connectivity index (χ1) is 8.21. The second kappa shape index (κ2) is 7.19. The van der Waals surface area contributed by atoms with Crippen molar-refractivity contribution in [2.45, 2.75) is 45.6 Å². The van der Waals surface area contributed by atoms with E-state index in [1.807, 2.05) is 12.1 Å². The predicted octanol–water partition coefficient (Wildman–Crippen LogP) is 4.59. The Morgan fingerprint density at radius 2 is 1.94 bits per heavy atom. The zero-order valence-corrected chi connectivity index (χ0v) is 11.2. The zero-order chi connectivity index (χ0) is 12.7. The quantitative estimate of drug-likeness (QED) is 0.801. The van der Waals surface area contributed by atoms with E-state index in [0.717, 1.165) is 18.5 Å². The van der Waals surface area contributed by atoms with Gasteiger partial charge >= 0.3 is 0 Å². The molecular formula is C14H19ClN2. The Kier molecular flexibility index (Phi) is 5.86. The summed E-state index contributed by atoms with van der Waals surface area (Å²) >= 11 is 6.00. The van der Waals surface area contributed by atoms with Crippen LogP contribution >= 0.6 is 11.6 Å². The summed E-state index contributed by atoms with van der Waals surface area (Å²) in [5.74, 6) is 0. The SMILES string of the molecule is CCCC(CCC)Nc1ccc(C#N)c(Cl)c1. The van der Waals surface area contributed by atoms with Gasteiger partial charge in [0.1, 0.15) is 6.07 Å². The fourth-order valence-corrected chi connectivity index (χ4v) is 2.14. The Bertz CT molecular complexity index is 390. The molecule has 0 spiro atoms. The van der Waals surface area contributed by atoms with Crippen molar-refractivity contribution in [1.82, 2.24) is 0 Å². The molecule has 0 heterocycles. The van der Waals surface area contributed by atoms with Gasteiger partial charge in [0, 0.05) is 11.7 Å². The molecule has 1 aromatic rings. The van der Waals surface area contributed by atoms with Gasteiger partial charge in [-0.25, -0.2) is 0 Å². The molecule has 0 atom stereocenters. The third-order valence-corrected chi connectivity index (χ3v) is 3.05. The molecule has 0 aromatic heterocycles. The summed E-state index contributed by atoms with van der Waals surface area (Å²) in [6, 6.07) is 8.08. The van der Waals surface area contributed by atoms with Gasteiger partial charge in [0.15, 0.2) is 0 Å². The predicted molar refractivity (Wildman–Crippen MR) is 73.4 cm³/mol. The first-order valence-electron chi connectivity index (χ1n) is 6.17. The first kappa shape index (κ1) is 13.9. The number of nitrogens with one attached hydrogen (secondary N) is 1. The maximum absolute atomic E-state index is 8.80. The van der Waals surface area contributed by atoms with Crippen molar-refractivity contribution in [2.75, 3.05) is 5.32 Å². The molecule has 3 heteroatoms. The molecule has 1 rings (SSSR count). The number of hydrogen-bond donors (Lipinski definition) is 1. The third kappa shape index (κ3) is 4.28. The van der Waals surface area contributed by atoms with Crippen LogP contribution in [0.4, 0.5) is 5.69 Å². The smallest absolute Gasteiger partial charge is 0.101 e. The largest absolute Gasteiger partial charge is 0.382 e. The van der Waals surface area contributed by atoms with Gasteiger partial charge in [-0.2, -0.15) is 5.26 Å². The molecule has 1 aromatic carbocycles. The van der Waals surface area contributed by atoms with E-state index in [1.54, 1.807) is 6.07 Å². The average Bonchev–Trinajstić information content (AvgIpc) is 2.30. The van der Waals surface area contributed by atoms with Crippen molar-refractivity contribution in [3.05, 3.63) is 28.8 Å². The van der Waals surface area contributed by atoms with Crippen molar-refractivity contribution in [2.24, 2.45) is 0 Å². The van der Waals surface area contributed by atoms with Crippen LogP contribution in [0.5, 0.6) is 0 Å². The average molecular weight is 251 g/mol. The molecule has 0 saturated carbocycles. The number of nitriles is 1. The number of anilines is 1. The minimum atomic E-state index is 0.494. The maximum Gasteiger partial charge on any atom is 0.101 e. The summed E-state index contributed by atoms with van der Waals surface area (Å²) < 4.78 is 0. The molecule has 0 aliphatic rings. The van der Waals surface area contributed by atoms with E-state index in [2.05, 4.69) is 25.2 Å². The van der Waals surface area contributed by atoms with Crippen LogP contribution in [0.2, 0.25) is 5.02 Å². The van der Waals surface area contributed by atoms with Crippen molar-refractivity contribution >= 4 is 17.3 Å². The molecule has 0 unspecified atom stereocenters. The third-order valence-electron chi connectivity index (χ3n) is 2.73. The number of hydrogen-bond acceptors (Lipinski definition) is 2. The van der Waals surface area contributed by atoms with Crippen LogP contribution in [0.15, 0.2) is 18.2 Å². The molecule has 17 heavy (non-hydrogen) atoms. The molecule has 92 valence electrons. The standard InChI is InChI=1S/C14H19ClN2/c1-3-5-12(6-4-2)17-13-8-7-11(10-16)14(15)9-13/h7-9,12,17H,3-6H2,1-2H3. The Morgan fingerprint density at radius 1 is 1.29 bits per heavy atom. The number of halogens is 1. The molecular weight excluding hydrogens is 232 g/mol. The molecule has 0 saturated heterocycles.